The molecule has 0 atom stereocenters. The van der Waals surface area contributed by atoms with Crippen LogP contribution in [0.3, 0.4) is 0 Å². The van der Waals surface area contributed by atoms with Gasteiger partial charge in [-0.05, 0) is 67.0 Å². The van der Waals surface area contributed by atoms with Crippen molar-refractivity contribution >= 4 is 5.97 Å². The van der Waals surface area contributed by atoms with Gasteiger partial charge >= 0.3 is 5.97 Å². The van der Waals surface area contributed by atoms with E-state index in [0.717, 1.165) is 30.9 Å². The molecule has 152 valence electrons. The molecule has 0 saturated heterocycles. The number of phenols is 1. The maximum absolute atomic E-state index is 10.5. The van der Waals surface area contributed by atoms with Crippen LogP contribution in [0.15, 0.2) is 49.1 Å². The van der Waals surface area contributed by atoms with E-state index in [9.17, 15) is 14.4 Å². The summed E-state index contributed by atoms with van der Waals surface area (Å²) in [6, 6.07) is 13.0. The molecule has 0 amide bonds. The molecular formula is C24H31FO3. The molecule has 0 bridgehead atoms. The number of carbonyl (C=O) groups is 1. The largest absolute Gasteiger partial charge is 0.508 e. The van der Waals surface area contributed by atoms with Gasteiger partial charge < -0.3 is 5.11 Å². The fourth-order valence-corrected chi connectivity index (χ4v) is 3.61. The Morgan fingerprint density at radius 3 is 1.96 bits per heavy atom. The lowest BCUT2D eigenvalue weighted by molar-refractivity contribution is -0.176. The van der Waals surface area contributed by atoms with Crippen molar-refractivity contribution in [3.05, 3.63) is 76.9 Å². The molecular weight excluding hydrogens is 355 g/mol. The SMILES string of the molecule is C=CC(=O)OF.CCc1ccc(C(CC)(CC)c2ccc(O)c(C)c2)cc1C. The van der Waals surface area contributed by atoms with E-state index >= 15 is 0 Å². The minimum atomic E-state index is -1.06. The van der Waals surface area contributed by atoms with Gasteiger partial charge in [0.25, 0.3) is 0 Å². The maximum atomic E-state index is 10.5. The summed E-state index contributed by atoms with van der Waals surface area (Å²) >= 11 is 0. The first-order chi connectivity index (χ1) is 13.3. The van der Waals surface area contributed by atoms with Gasteiger partial charge in [0, 0.05) is 16.0 Å². The Bertz CT molecular complexity index is 807. The van der Waals surface area contributed by atoms with Gasteiger partial charge in [0.1, 0.15) is 5.75 Å². The summed E-state index contributed by atoms with van der Waals surface area (Å²) in [5.41, 5.74) is 6.46. The van der Waals surface area contributed by atoms with Crippen LogP contribution < -0.4 is 0 Å². The average Bonchev–Trinajstić information content (AvgIpc) is 2.71. The van der Waals surface area contributed by atoms with Crippen molar-refractivity contribution in [2.45, 2.75) is 59.3 Å². The molecule has 4 heteroatoms. The second kappa shape index (κ2) is 10.6. The smallest absolute Gasteiger partial charge is 0.371 e. The highest BCUT2D eigenvalue weighted by Crippen LogP contribution is 2.40. The fraction of sp³-hybridized carbons (Fsp3) is 0.375. The Balaban J connectivity index is 0.000000568. The number of benzene rings is 2. The standard InChI is InChI=1S/C21H28O.C3H3FO2/c1-6-17-9-10-18(13-15(17)4)21(7-2,8-3)19-11-12-20(22)16(5)14-19;1-2-3(5)6-4/h9-14,22H,6-8H2,1-5H3;2H,1H2. The van der Waals surface area contributed by atoms with E-state index in [1.54, 1.807) is 0 Å². The van der Waals surface area contributed by atoms with Crippen LogP contribution in [0.4, 0.5) is 4.53 Å². The Kier molecular flexibility index (Phi) is 8.90. The van der Waals surface area contributed by atoms with Gasteiger partial charge in [0.2, 0.25) is 0 Å². The number of carbonyl (C=O) groups excluding carboxylic acids is 1. The van der Waals surface area contributed by atoms with Crippen LogP contribution in [0.5, 0.6) is 5.75 Å². The average molecular weight is 387 g/mol. The normalized spacial score (nSPS) is 10.6. The Hall–Kier alpha value is -2.62. The maximum Gasteiger partial charge on any atom is 0.371 e. The van der Waals surface area contributed by atoms with Crippen molar-refractivity contribution in [1.82, 2.24) is 0 Å². The summed E-state index contributed by atoms with van der Waals surface area (Å²) in [7, 11) is 0. The molecule has 0 aliphatic heterocycles. The third-order valence-corrected chi connectivity index (χ3v) is 5.48. The van der Waals surface area contributed by atoms with E-state index in [1.807, 2.05) is 13.0 Å². The van der Waals surface area contributed by atoms with Crippen LogP contribution in [0.1, 0.15) is 61.4 Å². The molecule has 0 aromatic heterocycles. The van der Waals surface area contributed by atoms with E-state index < -0.39 is 5.97 Å². The van der Waals surface area contributed by atoms with E-state index in [-0.39, 0.29) is 5.41 Å². The first-order valence-corrected chi connectivity index (χ1v) is 9.64. The molecule has 2 aromatic rings. The zero-order valence-corrected chi connectivity index (χ0v) is 17.5. The number of rotatable bonds is 6. The zero-order chi connectivity index (χ0) is 21.3. The van der Waals surface area contributed by atoms with Crippen LogP contribution in [-0.2, 0) is 21.6 Å². The lowest BCUT2D eigenvalue weighted by Gasteiger charge is -2.34. The van der Waals surface area contributed by atoms with Gasteiger partial charge in [-0.3, -0.25) is 4.94 Å². The lowest BCUT2D eigenvalue weighted by atomic mass is 9.70. The number of hydrogen-bond donors (Lipinski definition) is 1. The Morgan fingerprint density at radius 2 is 1.61 bits per heavy atom. The minimum Gasteiger partial charge on any atom is -0.508 e. The fourth-order valence-electron chi connectivity index (χ4n) is 3.61. The first kappa shape index (κ1) is 23.4. The summed E-state index contributed by atoms with van der Waals surface area (Å²) in [4.78, 5) is 12.1. The van der Waals surface area contributed by atoms with Gasteiger partial charge in [-0.15, -0.1) is 0 Å². The first-order valence-electron chi connectivity index (χ1n) is 9.64. The van der Waals surface area contributed by atoms with Gasteiger partial charge in [-0.2, -0.15) is 0 Å². The summed E-state index contributed by atoms with van der Waals surface area (Å²) in [5, 5.41) is 9.84. The molecule has 0 saturated carbocycles. The molecule has 28 heavy (non-hydrogen) atoms. The Labute approximate surface area is 167 Å². The second-order valence-electron chi connectivity index (χ2n) is 6.89. The van der Waals surface area contributed by atoms with E-state index in [1.165, 1.54) is 22.3 Å². The summed E-state index contributed by atoms with van der Waals surface area (Å²) in [5.74, 6) is -0.683. The molecule has 0 spiro atoms. The molecule has 0 heterocycles. The number of hydrogen-bond acceptors (Lipinski definition) is 3. The molecule has 0 unspecified atom stereocenters. The quantitative estimate of drug-likeness (QED) is 0.595. The highest BCUT2D eigenvalue weighted by atomic mass is 19.3. The molecule has 0 aliphatic rings. The molecule has 1 N–H and O–H groups in total. The molecule has 0 radical (unpaired) electrons. The Morgan fingerprint density at radius 1 is 1.07 bits per heavy atom. The van der Waals surface area contributed by atoms with Crippen molar-refractivity contribution in [2.75, 3.05) is 0 Å². The van der Waals surface area contributed by atoms with Crippen molar-refractivity contribution in [2.24, 2.45) is 0 Å². The van der Waals surface area contributed by atoms with Crippen molar-refractivity contribution in [3.8, 4) is 5.75 Å². The summed E-state index contributed by atoms with van der Waals surface area (Å²) in [6.07, 6.45) is 3.92. The number of aryl methyl sites for hydroxylation is 3. The topological polar surface area (TPSA) is 46.5 Å². The predicted molar refractivity (Wildman–Crippen MR) is 112 cm³/mol. The number of aromatic hydroxyl groups is 1. The van der Waals surface area contributed by atoms with Crippen LogP contribution in [0.25, 0.3) is 0 Å². The second-order valence-corrected chi connectivity index (χ2v) is 6.89. The van der Waals surface area contributed by atoms with Crippen LogP contribution >= 0.6 is 0 Å². The van der Waals surface area contributed by atoms with Gasteiger partial charge in [0.15, 0.2) is 0 Å². The van der Waals surface area contributed by atoms with Crippen molar-refractivity contribution < 1.29 is 19.4 Å². The van der Waals surface area contributed by atoms with Gasteiger partial charge in [-0.1, -0.05) is 57.7 Å². The third-order valence-electron chi connectivity index (χ3n) is 5.48. The number of phenolic OH excluding ortho intramolecular Hbond substituents is 1. The van der Waals surface area contributed by atoms with E-state index in [0.29, 0.717) is 5.75 Å². The molecule has 0 aliphatic carbocycles. The van der Waals surface area contributed by atoms with Crippen molar-refractivity contribution in [1.29, 1.82) is 0 Å². The lowest BCUT2D eigenvalue weighted by Crippen LogP contribution is -2.26. The van der Waals surface area contributed by atoms with Crippen LogP contribution in [-0.4, -0.2) is 11.1 Å². The summed E-state index contributed by atoms with van der Waals surface area (Å²) < 4.78 is 10.5. The van der Waals surface area contributed by atoms with E-state index in [2.05, 4.69) is 69.5 Å². The van der Waals surface area contributed by atoms with Crippen LogP contribution in [0.2, 0.25) is 0 Å². The van der Waals surface area contributed by atoms with Crippen molar-refractivity contribution in [3.63, 3.8) is 0 Å². The molecule has 2 aromatic carbocycles. The molecule has 2 rings (SSSR count). The van der Waals surface area contributed by atoms with E-state index in [4.69, 9.17) is 0 Å². The van der Waals surface area contributed by atoms with Crippen LogP contribution in [0, 0.1) is 13.8 Å². The highest BCUT2D eigenvalue weighted by molar-refractivity contribution is 5.80. The molecule has 3 nitrogen and oxygen atoms in total. The van der Waals surface area contributed by atoms with Gasteiger partial charge in [-0.25, -0.2) is 4.79 Å². The zero-order valence-electron chi connectivity index (χ0n) is 17.5. The highest BCUT2D eigenvalue weighted by Gasteiger charge is 2.31. The third kappa shape index (κ3) is 5.22. The summed E-state index contributed by atoms with van der Waals surface area (Å²) in [6.45, 7) is 13.8. The monoisotopic (exact) mass is 386 g/mol. The van der Waals surface area contributed by atoms with Gasteiger partial charge in [0.05, 0.1) is 0 Å². The molecule has 0 fully saturated rings. The predicted octanol–water partition coefficient (Wildman–Crippen LogP) is 6.28. The minimum absolute atomic E-state index is 0.0233. The number of halogens is 1.